The van der Waals surface area contributed by atoms with Gasteiger partial charge in [-0.3, -0.25) is 0 Å². The normalized spacial score (nSPS) is 15.0. The van der Waals surface area contributed by atoms with Crippen LogP contribution in [0.2, 0.25) is 0 Å². The van der Waals surface area contributed by atoms with Gasteiger partial charge in [0.05, 0.1) is 0 Å². The highest BCUT2D eigenvalue weighted by Crippen LogP contribution is 2.35. The van der Waals surface area contributed by atoms with Crippen LogP contribution in [0.25, 0.3) is 0 Å². The van der Waals surface area contributed by atoms with Crippen molar-refractivity contribution in [1.82, 2.24) is 4.90 Å². The second-order valence-corrected chi connectivity index (χ2v) is 4.56. The summed E-state index contributed by atoms with van der Waals surface area (Å²) in [6.07, 6.45) is 4.09. The predicted octanol–water partition coefficient (Wildman–Crippen LogP) is 3.83. The molecule has 0 heterocycles. The highest BCUT2D eigenvalue weighted by molar-refractivity contribution is 5.09. The molecule has 82 valence electrons. The Hall–Kier alpha value is -0.720. The standard InChI is InChI=1S/C13H25N/c1-8-10-13(6,9-2)12(5)14(7)11(3)4/h8,11H,1,5,9-10H2,2-4,6-7H3. The highest BCUT2D eigenvalue weighted by atomic mass is 15.1. The summed E-state index contributed by atoms with van der Waals surface area (Å²) in [5.74, 6) is 0. The fourth-order valence-electron chi connectivity index (χ4n) is 1.52. The summed E-state index contributed by atoms with van der Waals surface area (Å²) >= 11 is 0. The second kappa shape index (κ2) is 5.23. The Morgan fingerprint density at radius 1 is 1.50 bits per heavy atom. The fraction of sp³-hybridized carbons (Fsp3) is 0.692. The SMILES string of the molecule is C=CCC(C)(CC)C(=C)N(C)C(C)C. The van der Waals surface area contributed by atoms with Crippen LogP contribution in [-0.4, -0.2) is 18.0 Å². The molecule has 0 rings (SSSR count). The van der Waals surface area contributed by atoms with Crippen molar-refractivity contribution in [3.05, 3.63) is 24.9 Å². The van der Waals surface area contributed by atoms with Gasteiger partial charge in [-0.2, -0.15) is 0 Å². The first kappa shape index (κ1) is 13.3. The minimum absolute atomic E-state index is 0.167. The zero-order chi connectivity index (χ0) is 11.4. The molecule has 0 saturated carbocycles. The minimum atomic E-state index is 0.167. The molecule has 0 saturated heterocycles. The number of allylic oxidation sites excluding steroid dienone is 2. The lowest BCUT2D eigenvalue weighted by Crippen LogP contribution is -2.34. The van der Waals surface area contributed by atoms with Gasteiger partial charge in [-0.05, 0) is 26.7 Å². The molecular formula is C13H25N. The Morgan fingerprint density at radius 2 is 2.00 bits per heavy atom. The summed E-state index contributed by atoms with van der Waals surface area (Å²) in [6.45, 7) is 16.9. The van der Waals surface area contributed by atoms with E-state index in [0.717, 1.165) is 12.8 Å². The molecule has 1 atom stereocenters. The van der Waals surface area contributed by atoms with Gasteiger partial charge in [0.2, 0.25) is 0 Å². The van der Waals surface area contributed by atoms with Crippen molar-refractivity contribution in [2.24, 2.45) is 5.41 Å². The quantitative estimate of drug-likeness (QED) is 0.582. The van der Waals surface area contributed by atoms with Crippen molar-refractivity contribution in [3.63, 3.8) is 0 Å². The molecule has 1 unspecified atom stereocenters. The minimum Gasteiger partial charge on any atom is -0.375 e. The molecule has 1 heteroatoms. The third kappa shape index (κ3) is 2.90. The average Bonchev–Trinajstić information content (AvgIpc) is 2.15. The zero-order valence-corrected chi connectivity index (χ0v) is 10.4. The van der Waals surface area contributed by atoms with Gasteiger partial charge in [-0.1, -0.05) is 26.5 Å². The van der Waals surface area contributed by atoms with E-state index >= 15 is 0 Å². The van der Waals surface area contributed by atoms with Crippen molar-refractivity contribution in [1.29, 1.82) is 0 Å². The molecule has 0 radical (unpaired) electrons. The van der Waals surface area contributed by atoms with E-state index in [1.165, 1.54) is 5.70 Å². The van der Waals surface area contributed by atoms with Crippen molar-refractivity contribution in [2.75, 3.05) is 7.05 Å². The molecule has 0 aromatic heterocycles. The Balaban J connectivity index is 4.68. The van der Waals surface area contributed by atoms with Crippen LogP contribution < -0.4 is 0 Å². The Morgan fingerprint density at radius 3 is 2.29 bits per heavy atom. The van der Waals surface area contributed by atoms with Gasteiger partial charge in [0.25, 0.3) is 0 Å². The van der Waals surface area contributed by atoms with Crippen LogP contribution in [0.15, 0.2) is 24.9 Å². The van der Waals surface area contributed by atoms with E-state index in [9.17, 15) is 0 Å². The predicted molar refractivity (Wildman–Crippen MR) is 65.3 cm³/mol. The maximum atomic E-state index is 4.22. The first-order valence-electron chi connectivity index (χ1n) is 5.42. The van der Waals surface area contributed by atoms with Crippen LogP contribution >= 0.6 is 0 Å². The van der Waals surface area contributed by atoms with Crippen LogP contribution in [0.3, 0.4) is 0 Å². The topological polar surface area (TPSA) is 3.24 Å². The van der Waals surface area contributed by atoms with Gasteiger partial charge in [-0.15, -0.1) is 6.58 Å². The molecule has 1 nitrogen and oxygen atoms in total. The van der Waals surface area contributed by atoms with Crippen molar-refractivity contribution in [2.45, 2.75) is 46.6 Å². The van der Waals surface area contributed by atoms with E-state index in [-0.39, 0.29) is 5.41 Å². The Kier molecular flexibility index (Phi) is 4.96. The van der Waals surface area contributed by atoms with Crippen molar-refractivity contribution < 1.29 is 0 Å². The van der Waals surface area contributed by atoms with E-state index in [0.29, 0.717) is 6.04 Å². The fourth-order valence-corrected chi connectivity index (χ4v) is 1.52. The third-order valence-electron chi connectivity index (χ3n) is 3.27. The molecule has 0 N–H and O–H groups in total. The summed E-state index contributed by atoms with van der Waals surface area (Å²) in [5.41, 5.74) is 1.38. The van der Waals surface area contributed by atoms with Gasteiger partial charge in [0.15, 0.2) is 0 Å². The lowest BCUT2D eigenvalue weighted by molar-refractivity contribution is 0.235. The van der Waals surface area contributed by atoms with Crippen LogP contribution in [0.4, 0.5) is 0 Å². The molecule has 0 aliphatic heterocycles. The van der Waals surface area contributed by atoms with Gasteiger partial charge in [0, 0.05) is 24.2 Å². The first-order chi connectivity index (χ1) is 6.39. The maximum absolute atomic E-state index is 4.22. The number of hydrogen-bond acceptors (Lipinski definition) is 1. The molecule has 0 aromatic carbocycles. The molecule has 0 bridgehead atoms. The average molecular weight is 195 g/mol. The molecular weight excluding hydrogens is 170 g/mol. The summed E-state index contributed by atoms with van der Waals surface area (Å²) in [4.78, 5) is 2.26. The monoisotopic (exact) mass is 195 g/mol. The molecule has 0 spiro atoms. The van der Waals surface area contributed by atoms with E-state index in [4.69, 9.17) is 0 Å². The van der Waals surface area contributed by atoms with Crippen LogP contribution in [-0.2, 0) is 0 Å². The third-order valence-corrected chi connectivity index (χ3v) is 3.27. The smallest absolute Gasteiger partial charge is 0.0227 e. The summed E-state index contributed by atoms with van der Waals surface area (Å²) in [5, 5.41) is 0. The van der Waals surface area contributed by atoms with E-state index in [1.54, 1.807) is 0 Å². The van der Waals surface area contributed by atoms with Crippen molar-refractivity contribution in [3.8, 4) is 0 Å². The number of nitrogens with zero attached hydrogens (tertiary/aromatic N) is 1. The molecule has 0 amide bonds. The lowest BCUT2D eigenvalue weighted by Gasteiger charge is -2.38. The van der Waals surface area contributed by atoms with Crippen LogP contribution in [0, 0.1) is 5.41 Å². The zero-order valence-electron chi connectivity index (χ0n) is 10.4. The second-order valence-electron chi connectivity index (χ2n) is 4.56. The van der Waals surface area contributed by atoms with Crippen molar-refractivity contribution >= 4 is 0 Å². The number of hydrogen-bond donors (Lipinski definition) is 0. The van der Waals surface area contributed by atoms with E-state index in [1.807, 2.05) is 6.08 Å². The largest absolute Gasteiger partial charge is 0.375 e. The highest BCUT2D eigenvalue weighted by Gasteiger charge is 2.27. The van der Waals surface area contributed by atoms with Crippen LogP contribution in [0.1, 0.15) is 40.5 Å². The van der Waals surface area contributed by atoms with E-state index in [2.05, 4.69) is 52.8 Å². The molecule has 0 aromatic rings. The molecule has 14 heavy (non-hydrogen) atoms. The van der Waals surface area contributed by atoms with Gasteiger partial charge >= 0.3 is 0 Å². The molecule has 0 aliphatic carbocycles. The Labute approximate surface area is 89.5 Å². The van der Waals surface area contributed by atoms with Gasteiger partial charge in [-0.25, -0.2) is 0 Å². The summed E-state index contributed by atoms with van der Waals surface area (Å²) in [7, 11) is 2.12. The van der Waals surface area contributed by atoms with Crippen LogP contribution in [0.5, 0.6) is 0 Å². The maximum Gasteiger partial charge on any atom is 0.0227 e. The Bertz CT molecular complexity index is 205. The molecule has 0 aliphatic rings. The number of rotatable bonds is 6. The molecule has 0 fully saturated rings. The van der Waals surface area contributed by atoms with E-state index < -0.39 is 0 Å². The van der Waals surface area contributed by atoms with Gasteiger partial charge in [0.1, 0.15) is 0 Å². The summed E-state index contributed by atoms with van der Waals surface area (Å²) < 4.78 is 0. The first-order valence-corrected chi connectivity index (χ1v) is 5.42. The lowest BCUT2D eigenvalue weighted by atomic mass is 9.80. The van der Waals surface area contributed by atoms with Gasteiger partial charge < -0.3 is 4.90 Å². The summed E-state index contributed by atoms with van der Waals surface area (Å²) in [6, 6.07) is 0.512.